The van der Waals surface area contributed by atoms with E-state index in [-0.39, 0.29) is 42.3 Å². The molecule has 0 aromatic carbocycles. The largest absolute Gasteiger partial charge is 0.393 e. The average molecular weight is 367 g/mol. The van der Waals surface area contributed by atoms with E-state index in [1.165, 1.54) is 0 Å². The Morgan fingerprint density at radius 2 is 2.15 bits per heavy atom. The fourth-order valence-corrected chi connectivity index (χ4v) is 5.42. The molecule has 26 heavy (non-hydrogen) atoms. The van der Waals surface area contributed by atoms with Crippen LogP contribution in [0.1, 0.15) is 39.0 Å². The summed E-state index contributed by atoms with van der Waals surface area (Å²) in [6.45, 7) is 3.54. The van der Waals surface area contributed by atoms with E-state index in [9.17, 15) is 9.90 Å². The zero-order valence-corrected chi connectivity index (χ0v) is 15.8. The van der Waals surface area contributed by atoms with E-state index in [1.807, 2.05) is 12.1 Å². The number of aliphatic hydroxyl groups is 1. The second-order valence-corrected chi connectivity index (χ2v) is 8.55. The molecule has 1 amide bonds. The number of hydrogen-bond donors (Lipinski definition) is 5. The smallest absolute Gasteiger partial charge is 0.226 e. The topological polar surface area (TPSA) is 97.9 Å². The van der Waals surface area contributed by atoms with Crippen LogP contribution >= 0.6 is 0 Å². The Labute approximate surface area is 155 Å². The molecule has 0 aromatic rings. The number of nitrogens with zero attached hydrogens (tertiary/aromatic N) is 1. The lowest BCUT2D eigenvalue weighted by Crippen LogP contribution is -2.51. The Morgan fingerprint density at radius 3 is 2.85 bits per heavy atom. The van der Waals surface area contributed by atoms with Crippen LogP contribution in [0.5, 0.6) is 0 Å². The molecule has 0 aromatic heterocycles. The number of aliphatic hydroxyl groups excluding tert-OH is 1. The van der Waals surface area contributed by atoms with Crippen LogP contribution in [0.4, 0.5) is 0 Å². The first-order valence-corrected chi connectivity index (χ1v) is 10.2. The fourth-order valence-electron chi connectivity index (χ4n) is 5.42. The van der Waals surface area contributed by atoms with Gasteiger partial charge in [-0.3, -0.25) is 20.4 Å². The van der Waals surface area contributed by atoms with Crippen LogP contribution in [0.2, 0.25) is 0 Å². The second-order valence-electron chi connectivity index (χ2n) is 8.55. The maximum atomic E-state index is 12.6. The molecular weight excluding hydrogens is 334 g/mol. The van der Waals surface area contributed by atoms with Crippen molar-refractivity contribution in [2.24, 2.45) is 23.7 Å². The van der Waals surface area contributed by atoms with Crippen molar-refractivity contribution < 1.29 is 14.7 Å². The molecule has 4 rings (SSSR count). The minimum atomic E-state index is -0.361. The number of amides is 1. The number of fused-ring (bicyclic) bond motifs is 1. The maximum Gasteiger partial charge on any atom is 0.226 e. The Morgan fingerprint density at radius 1 is 1.31 bits per heavy atom. The second kappa shape index (κ2) is 7.69. The molecule has 2 aliphatic heterocycles. The van der Waals surface area contributed by atoms with Gasteiger partial charge >= 0.3 is 0 Å². The third kappa shape index (κ3) is 3.63. The number of hydrogen-bond acceptors (Lipinski definition) is 7. The Kier molecular flexibility index (Phi) is 5.50. The van der Waals surface area contributed by atoms with Crippen molar-refractivity contribution in [2.75, 3.05) is 20.1 Å². The first-order valence-electron chi connectivity index (χ1n) is 10.2. The molecule has 148 valence electrons. The predicted octanol–water partition coefficient (Wildman–Crippen LogP) is -0.479. The van der Waals surface area contributed by atoms with Gasteiger partial charge < -0.3 is 10.4 Å². The lowest BCUT2D eigenvalue weighted by atomic mass is 9.72. The van der Waals surface area contributed by atoms with E-state index in [0.717, 1.165) is 38.6 Å². The normalized spacial score (nSPS) is 46.4. The summed E-state index contributed by atoms with van der Waals surface area (Å²) in [7, 11) is 1.96. The van der Waals surface area contributed by atoms with E-state index < -0.39 is 0 Å². The highest BCUT2D eigenvalue weighted by atomic mass is 16.7. The molecule has 0 radical (unpaired) electrons. The number of hydrazine groups is 1. The van der Waals surface area contributed by atoms with Crippen LogP contribution in [-0.4, -0.2) is 60.7 Å². The molecule has 2 saturated carbocycles. The number of rotatable bonds is 4. The van der Waals surface area contributed by atoms with E-state index >= 15 is 0 Å². The van der Waals surface area contributed by atoms with Gasteiger partial charge in [-0.2, -0.15) is 5.48 Å². The van der Waals surface area contributed by atoms with E-state index in [2.05, 4.69) is 28.5 Å². The lowest BCUT2D eigenvalue weighted by Gasteiger charge is -2.40. The van der Waals surface area contributed by atoms with Crippen molar-refractivity contribution in [1.29, 1.82) is 0 Å². The summed E-state index contributed by atoms with van der Waals surface area (Å²) >= 11 is 0. The molecule has 2 aliphatic carbocycles. The van der Waals surface area contributed by atoms with Crippen LogP contribution < -0.4 is 21.5 Å². The monoisotopic (exact) mass is 367 g/mol. The molecule has 5 N–H and O–H groups in total. The van der Waals surface area contributed by atoms with Crippen molar-refractivity contribution >= 4 is 5.91 Å². The maximum absolute atomic E-state index is 12.6. The van der Waals surface area contributed by atoms with Gasteiger partial charge in [0.1, 0.15) is 6.23 Å². The van der Waals surface area contributed by atoms with Gasteiger partial charge in [0.2, 0.25) is 5.91 Å². The molecule has 8 atom stereocenters. The minimum absolute atomic E-state index is 0.00236. The molecule has 2 saturated heterocycles. The number of carbonyl (C=O) groups excluding carboxylic acids is 1. The molecule has 7 unspecified atom stereocenters. The first kappa shape index (κ1) is 18.6. The van der Waals surface area contributed by atoms with E-state index in [4.69, 9.17) is 4.84 Å². The molecular formula is C18H33N5O3. The quantitative estimate of drug-likeness (QED) is 0.458. The number of hydroxylamine groups is 1. The van der Waals surface area contributed by atoms with Gasteiger partial charge in [0.05, 0.1) is 18.2 Å². The van der Waals surface area contributed by atoms with Crippen LogP contribution in [0, 0.1) is 23.7 Å². The van der Waals surface area contributed by atoms with Gasteiger partial charge in [-0.05, 0) is 43.9 Å². The molecule has 2 heterocycles. The zero-order chi connectivity index (χ0) is 18.3. The average Bonchev–Trinajstić information content (AvgIpc) is 3.34. The third-order valence-electron chi connectivity index (χ3n) is 6.80. The van der Waals surface area contributed by atoms with Crippen molar-refractivity contribution in [3.63, 3.8) is 0 Å². The Balaban J connectivity index is 1.33. The standard InChI is InChI=1S/C18H33N5O3/c1-3-15-21-17(22-26-15)11-6-10-4-5-13(16(10)14(24)7-11)20-18(25)12-8-19-23(2)9-12/h10-17,19,21-22,24H,3-9H2,1-2H3,(H,20,25)/t10?,11?,12?,13-,14?,15?,16?,17?/m1/s1. The highest BCUT2D eigenvalue weighted by molar-refractivity contribution is 5.79. The summed E-state index contributed by atoms with van der Waals surface area (Å²) < 4.78 is 0. The number of nitrogens with one attached hydrogen (secondary N) is 4. The molecule has 4 aliphatic rings. The number of carbonyl (C=O) groups is 1. The summed E-state index contributed by atoms with van der Waals surface area (Å²) in [5, 5.41) is 19.5. The van der Waals surface area contributed by atoms with Crippen LogP contribution in [-0.2, 0) is 9.63 Å². The van der Waals surface area contributed by atoms with Crippen molar-refractivity contribution in [2.45, 2.75) is 63.6 Å². The highest BCUT2D eigenvalue weighted by Crippen LogP contribution is 2.45. The van der Waals surface area contributed by atoms with Gasteiger partial charge in [-0.25, -0.2) is 5.01 Å². The van der Waals surface area contributed by atoms with Crippen molar-refractivity contribution in [3.05, 3.63) is 0 Å². The fraction of sp³-hybridized carbons (Fsp3) is 0.944. The van der Waals surface area contributed by atoms with Gasteiger partial charge in [0.15, 0.2) is 0 Å². The van der Waals surface area contributed by atoms with Gasteiger partial charge in [-0.15, -0.1) is 0 Å². The SMILES string of the molecule is CCC1NC(C2CC(O)C3C(CC[C@H]3NC(=O)C3CNN(C)C3)C2)NO1. The van der Waals surface area contributed by atoms with Crippen LogP contribution in [0.3, 0.4) is 0 Å². The summed E-state index contributed by atoms with van der Waals surface area (Å²) in [6, 6.07) is 0.110. The van der Waals surface area contributed by atoms with Crippen LogP contribution in [0.15, 0.2) is 0 Å². The zero-order valence-electron chi connectivity index (χ0n) is 15.8. The van der Waals surface area contributed by atoms with Crippen molar-refractivity contribution in [1.82, 2.24) is 26.5 Å². The third-order valence-corrected chi connectivity index (χ3v) is 6.80. The Bertz CT molecular complexity index is 521. The van der Waals surface area contributed by atoms with Gasteiger partial charge in [-0.1, -0.05) is 6.92 Å². The summed E-state index contributed by atoms with van der Waals surface area (Å²) in [5.41, 5.74) is 6.29. The minimum Gasteiger partial charge on any atom is -0.393 e. The molecule has 0 bridgehead atoms. The van der Waals surface area contributed by atoms with Crippen LogP contribution in [0.25, 0.3) is 0 Å². The summed E-state index contributed by atoms with van der Waals surface area (Å²) in [5.74, 6) is 1.15. The van der Waals surface area contributed by atoms with Gasteiger partial charge in [0.25, 0.3) is 0 Å². The van der Waals surface area contributed by atoms with Gasteiger partial charge in [0, 0.05) is 32.1 Å². The molecule has 8 heteroatoms. The predicted molar refractivity (Wildman–Crippen MR) is 96.2 cm³/mol. The Hall–Kier alpha value is -0.770. The summed E-state index contributed by atoms with van der Waals surface area (Å²) in [4.78, 5) is 18.1. The highest BCUT2D eigenvalue weighted by Gasteiger charge is 2.48. The molecule has 8 nitrogen and oxygen atoms in total. The summed E-state index contributed by atoms with van der Waals surface area (Å²) in [6.07, 6.45) is 4.62. The van der Waals surface area contributed by atoms with Crippen molar-refractivity contribution in [3.8, 4) is 0 Å². The van der Waals surface area contributed by atoms with E-state index in [0.29, 0.717) is 18.4 Å². The molecule has 4 fully saturated rings. The molecule has 0 spiro atoms. The lowest BCUT2D eigenvalue weighted by molar-refractivity contribution is -0.125. The van der Waals surface area contributed by atoms with E-state index in [1.54, 1.807) is 0 Å². The first-order chi connectivity index (χ1) is 12.5.